The molecule has 0 heterocycles. The molecule has 0 aliphatic heterocycles. The first-order valence-electron chi connectivity index (χ1n) is 10.8. The highest BCUT2D eigenvalue weighted by molar-refractivity contribution is 5.77. The molecule has 4 heteroatoms. The summed E-state index contributed by atoms with van der Waals surface area (Å²) in [5.41, 5.74) is 2.26. The van der Waals surface area contributed by atoms with Gasteiger partial charge in [-0.05, 0) is 36.3 Å². The Kier molecular flexibility index (Phi) is 9.89. The van der Waals surface area contributed by atoms with Crippen LogP contribution in [0.1, 0.15) is 57.1 Å². The molecule has 158 valence electrons. The zero-order chi connectivity index (χ0) is 21.1. The van der Waals surface area contributed by atoms with Crippen LogP contribution < -0.4 is 10.6 Å². The predicted octanol–water partition coefficient (Wildman–Crippen LogP) is 4.05. The molecule has 2 rings (SSSR count). The molecule has 0 aromatic heterocycles. The molecule has 0 radical (unpaired) electrons. The Bertz CT molecular complexity index is 701. The van der Waals surface area contributed by atoms with Crippen LogP contribution in [0.25, 0.3) is 0 Å². The lowest BCUT2D eigenvalue weighted by Crippen LogP contribution is -2.50. The van der Waals surface area contributed by atoms with Crippen LogP contribution >= 0.6 is 0 Å². The van der Waals surface area contributed by atoms with Crippen LogP contribution in [0, 0.1) is 0 Å². The molecule has 2 aromatic carbocycles. The number of carbonyl (C=O) groups is 1. The SMILES string of the molecule is CCC(CC)NC[C@@H](O)[C@@H](Cc1ccccc1)NC(=O)CC(C)c1ccccc1. The Balaban J connectivity index is 2.00. The van der Waals surface area contributed by atoms with Crippen molar-refractivity contribution >= 4 is 5.91 Å². The second-order valence-corrected chi connectivity index (χ2v) is 7.87. The molecule has 0 aliphatic rings. The van der Waals surface area contributed by atoms with Crippen LogP contribution in [0.15, 0.2) is 60.7 Å². The van der Waals surface area contributed by atoms with Gasteiger partial charge in [-0.3, -0.25) is 4.79 Å². The summed E-state index contributed by atoms with van der Waals surface area (Å²) in [7, 11) is 0. The van der Waals surface area contributed by atoms with Crippen LogP contribution in [0.3, 0.4) is 0 Å². The van der Waals surface area contributed by atoms with Gasteiger partial charge in [-0.15, -0.1) is 0 Å². The Morgan fingerprint density at radius 1 is 0.966 bits per heavy atom. The fourth-order valence-corrected chi connectivity index (χ4v) is 3.60. The molecule has 0 aliphatic carbocycles. The van der Waals surface area contributed by atoms with Crippen molar-refractivity contribution < 1.29 is 9.90 Å². The molecule has 3 N–H and O–H groups in total. The summed E-state index contributed by atoms with van der Waals surface area (Å²) in [6.45, 7) is 6.81. The van der Waals surface area contributed by atoms with Crippen molar-refractivity contribution in [3.63, 3.8) is 0 Å². The number of amides is 1. The second kappa shape index (κ2) is 12.4. The number of hydrogen-bond acceptors (Lipinski definition) is 3. The maximum atomic E-state index is 12.7. The summed E-state index contributed by atoms with van der Waals surface area (Å²) in [6.07, 6.45) is 2.41. The minimum Gasteiger partial charge on any atom is -0.390 e. The fraction of sp³-hybridized carbons (Fsp3) is 0.480. The van der Waals surface area contributed by atoms with Gasteiger partial charge < -0.3 is 15.7 Å². The second-order valence-electron chi connectivity index (χ2n) is 7.87. The highest BCUT2D eigenvalue weighted by Crippen LogP contribution is 2.18. The van der Waals surface area contributed by atoms with Gasteiger partial charge in [-0.2, -0.15) is 0 Å². The summed E-state index contributed by atoms with van der Waals surface area (Å²) < 4.78 is 0. The van der Waals surface area contributed by atoms with E-state index >= 15 is 0 Å². The van der Waals surface area contributed by atoms with Crippen molar-refractivity contribution in [3.05, 3.63) is 71.8 Å². The van der Waals surface area contributed by atoms with E-state index in [1.807, 2.05) is 60.7 Å². The lowest BCUT2D eigenvalue weighted by atomic mass is 9.96. The molecular formula is C25H36N2O2. The molecule has 0 fully saturated rings. The smallest absolute Gasteiger partial charge is 0.220 e. The molecule has 29 heavy (non-hydrogen) atoms. The number of rotatable bonds is 12. The van der Waals surface area contributed by atoms with Crippen molar-refractivity contribution in [2.24, 2.45) is 0 Å². The molecule has 0 bridgehead atoms. The highest BCUT2D eigenvalue weighted by Gasteiger charge is 2.23. The molecule has 0 saturated heterocycles. The van der Waals surface area contributed by atoms with Crippen molar-refractivity contribution in [2.75, 3.05) is 6.54 Å². The van der Waals surface area contributed by atoms with Crippen molar-refractivity contribution in [3.8, 4) is 0 Å². The van der Waals surface area contributed by atoms with E-state index in [9.17, 15) is 9.90 Å². The topological polar surface area (TPSA) is 61.4 Å². The van der Waals surface area contributed by atoms with E-state index in [0.29, 0.717) is 25.4 Å². The molecule has 0 saturated carbocycles. The third-order valence-corrected chi connectivity index (χ3v) is 5.57. The van der Waals surface area contributed by atoms with Gasteiger partial charge >= 0.3 is 0 Å². The number of nitrogens with one attached hydrogen (secondary N) is 2. The van der Waals surface area contributed by atoms with E-state index in [2.05, 4.69) is 31.4 Å². The van der Waals surface area contributed by atoms with Gasteiger partial charge in [0.25, 0.3) is 0 Å². The minimum atomic E-state index is -0.646. The number of aliphatic hydroxyl groups is 1. The van der Waals surface area contributed by atoms with Crippen molar-refractivity contribution in [1.82, 2.24) is 10.6 Å². The van der Waals surface area contributed by atoms with Crippen LogP contribution in [-0.4, -0.2) is 35.7 Å². The molecular weight excluding hydrogens is 360 g/mol. The molecule has 3 atom stereocenters. The highest BCUT2D eigenvalue weighted by atomic mass is 16.3. The largest absolute Gasteiger partial charge is 0.390 e. The van der Waals surface area contributed by atoms with E-state index < -0.39 is 6.10 Å². The Morgan fingerprint density at radius 3 is 2.14 bits per heavy atom. The number of carbonyl (C=O) groups excluding carboxylic acids is 1. The first kappa shape index (κ1) is 23.1. The third-order valence-electron chi connectivity index (χ3n) is 5.57. The number of benzene rings is 2. The normalized spacial score (nSPS) is 14.4. The maximum absolute atomic E-state index is 12.7. The van der Waals surface area contributed by atoms with Crippen LogP contribution in [0.5, 0.6) is 0 Å². The van der Waals surface area contributed by atoms with Crippen LogP contribution in [0.4, 0.5) is 0 Å². The van der Waals surface area contributed by atoms with Gasteiger partial charge in [0, 0.05) is 19.0 Å². The molecule has 2 aromatic rings. The molecule has 1 unspecified atom stereocenters. The Labute approximate surface area is 175 Å². The lowest BCUT2D eigenvalue weighted by Gasteiger charge is -2.27. The number of hydrogen-bond donors (Lipinski definition) is 3. The summed E-state index contributed by atoms with van der Waals surface area (Å²) in [5.74, 6) is 0.109. The first-order chi connectivity index (χ1) is 14.0. The third kappa shape index (κ3) is 8.00. The molecule has 4 nitrogen and oxygen atoms in total. The monoisotopic (exact) mass is 396 g/mol. The van der Waals surface area contributed by atoms with Gasteiger partial charge in [0.15, 0.2) is 0 Å². The predicted molar refractivity (Wildman–Crippen MR) is 120 cm³/mol. The summed E-state index contributed by atoms with van der Waals surface area (Å²) in [4.78, 5) is 12.7. The van der Waals surface area contributed by atoms with Crippen molar-refractivity contribution in [2.45, 2.75) is 70.6 Å². The number of aliphatic hydroxyl groups excluding tert-OH is 1. The van der Waals surface area contributed by atoms with Gasteiger partial charge in [0.1, 0.15) is 0 Å². The van der Waals surface area contributed by atoms with Crippen LogP contribution in [-0.2, 0) is 11.2 Å². The molecule has 1 amide bonds. The lowest BCUT2D eigenvalue weighted by molar-refractivity contribution is -0.123. The summed E-state index contributed by atoms with van der Waals surface area (Å²) >= 11 is 0. The van der Waals surface area contributed by atoms with E-state index in [4.69, 9.17) is 0 Å². The Hall–Kier alpha value is -2.17. The maximum Gasteiger partial charge on any atom is 0.220 e. The van der Waals surface area contributed by atoms with Gasteiger partial charge in [0.05, 0.1) is 12.1 Å². The van der Waals surface area contributed by atoms with Gasteiger partial charge in [-0.1, -0.05) is 81.4 Å². The summed E-state index contributed by atoms with van der Waals surface area (Å²) in [5, 5.41) is 17.4. The van der Waals surface area contributed by atoms with Crippen LogP contribution in [0.2, 0.25) is 0 Å². The average molecular weight is 397 g/mol. The van der Waals surface area contributed by atoms with E-state index in [-0.39, 0.29) is 17.9 Å². The van der Waals surface area contributed by atoms with Crippen molar-refractivity contribution in [1.29, 1.82) is 0 Å². The van der Waals surface area contributed by atoms with E-state index in [0.717, 1.165) is 24.0 Å². The van der Waals surface area contributed by atoms with Gasteiger partial charge in [-0.25, -0.2) is 0 Å². The zero-order valence-electron chi connectivity index (χ0n) is 18.0. The standard InChI is InChI=1S/C25H36N2O2/c1-4-22(5-2)26-18-24(28)23(17-20-12-8-6-9-13-20)27-25(29)16-19(3)21-14-10-7-11-15-21/h6-15,19,22-24,26,28H,4-5,16-18H2,1-3H3,(H,27,29)/t19?,23-,24-/m1/s1. The quantitative estimate of drug-likeness (QED) is 0.507. The zero-order valence-corrected chi connectivity index (χ0v) is 18.0. The first-order valence-corrected chi connectivity index (χ1v) is 10.8. The van der Waals surface area contributed by atoms with Gasteiger partial charge in [0.2, 0.25) is 5.91 Å². The molecule has 0 spiro atoms. The summed E-state index contributed by atoms with van der Waals surface area (Å²) in [6, 6.07) is 20.1. The Morgan fingerprint density at radius 2 is 1.55 bits per heavy atom. The van der Waals surface area contributed by atoms with E-state index in [1.54, 1.807) is 0 Å². The van der Waals surface area contributed by atoms with E-state index in [1.165, 1.54) is 0 Å². The minimum absolute atomic E-state index is 0.0242. The fourth-order valence-electron chi connectivity index (χ4n) is 3.60. The average Bonchev–Trinajstić information content (AvgIpc) is 2.75.